The van der Waals surface area contributed by atoms with Gasteiger partial charge in [-0.3, -0.25) is 0 Å². The first-order chi connectivity index (χ1) is 5.54. The van der Waals surface area contributed by atoms with Gasteiger partial charge in [0.05, 0.1) is 6.04 Å². The lowest BCUT2D eigenvalue weighted by Gasteiger charge is -2.32. The smallest absolute Gasteiger partial charge is 0.273 e. The van der Waals surface area contributed by atoms with E-state index in [0.717, 1.165) is 6.42 Å². The van der Waals surface area contributed by atoms with E-state index in [9.17, 15) is 8.78 Å². The fourth-order valence-corrected chi connectivity index (χ4v) is 1.72. The Morgan fingerprint density at radius 3 is 2.50 bits per heavy atom. The average molecular weight is 196 g/mol. The van der Waals surface area contributed by atoms with Crippen molar-refractivity contribution < 1.29 is 8.78 Å². The standard InChI is InChI=1S/C7H15F2N2P/c1-10-5-2-3-6(11-4-5)7(8,9)12/h5-6,10-11H,2-4,12H2,1H3/t5-,6+/m0/s1. The lowest BCUT2D eigenvalue weighted by Crippen LogP contribution is -2.52. The molecular formula is C7H15F2N2P. The normalized spacial score (nSPS) is 32.0. The molecule has 1 aliphatic heterocycles. The second-order valence-corrected chi connectivity index (χ2v) is 3.97. The molecule has 2 N–H and O–H groups in total. The fourth-order valence-electron chi connectivity index (χ4n) is 1.43. The van der Waals surface area contributed by atoms with Crippen LogP contribution in [0.5, 0.6) is 0 Å². The number of hydrogen-bond acceptors (Lipinski definition) is 2. The first kappa shape index (κ1) is 10.3. The molecule has 0 amide bonds. The van der Waals surface area contributed by atoms with Crippen LogP contribution in [0.4, 0.5) is 8.78 Å². The van der Waals surface area contributed by atoms with Gasteiger partial charge in [0, 0.05) is 12.6 Å². The van der Waals surface area contributed by atoms with Gasteiger partial charge in [-0.1, -0.05) is 9.24 Å². The summed E-state index contributed by atoms with van der Waals surface area (Å²) >= 11 is 0. The Bertz CT molecular complexity index is 141. The Hall–Kier alpha value is 0.210. The molecule has 2 nitrogen and oxygen atoms in total. The van der Waals surface area contributed by atoms with E-state index in [4.69, 9.17) is 0 Å². The van der Waals surface area contributed by atoms with Crippen LogP contribution in [0, 0.1) is 0 Å². The van der Waals surface area contributed by atoms with Gasteiger partial charge in [0.15, 0.2) is 0 Å². The number of piperidine rings is 1. The highest BCUT2D eigenvalue weighted by molar-refractivity contribution is 7.18. The molecule has 0 aromatic carbocycles. The fraction of sp³-hybridized carbons (Fsp3) is 1.00. The second kappa shape index (κ2) is 3.95. The van der Waals surface area contributed by atoms with Crippen LogP contribution in [0.1, 0.15) is 12.8 Å². The van der Waals surface area contributed by atoms with Crippen LogP contribution >= 0.6 is 9.24 Å². The van der Waals surface area contributed by atoms with Gasteiger partial charge in [-0.25, -0.2) is 8.78 Å². The van der Waals surface area contributed by atoms with Crippen molar-refractivity contribution >= 4 is 9.24 Å². The highest BCUT2D eigenvalue weighted by Gasteiger charge is 2.36. The van der Waals surface area contributed by atoms with Crippen LogP contribution in [0.2, 0.25) is 0 Å². The van der Waals surface area contributed by atoms with Crippen molar-refractivity contribution in [2.45, 2.75) is 30.6 Å². The van der Waals surface area contributed by atoms with Gasteiger partial charge in [0.1, 0.15) is 0 Å². The molecule has 0 aromatic rings. The summed E-state index contributed by atoms with van der Waals surface area (Å²) in [4.78, 5) is 0. The lowest BCUT2D eigenvalue weighted by atomic mass is 10.0. The molecule has 1 saturated heterocycles. The minimum atomic E-state index is -2.67. The molecule has 0 aliphatic carbocycles. The van der Waals surface area contributed by atoms with E-state index >= 15 is 0 Å². The van der Waals surface area contributed by atoms with E-state index in [0.29, 0.717) is 19.0 Å². The van der Waals surface area contributed by atoms with Gasteiger partial charge >= 0.3 is 0 Å². The summed E-state index contributed by atoms with van der Waals surface area (Å²) in [5.74, 6) is 0. The summed E-state index contributed by atoms with van der Waals surface area (Å²) < 4.78 is 25.4. The summed E-state index contributed by atoms with van der Waals surface area (Å²) in [6.45, 7) is 0.630. The molecular weight excluding hydrogens is 181 g/mol. The number of halogens is 2. The first-order valence-electron chi connectivity index (χ1n) is 4.11. The maximum absolute atomic E-state index is 12.7. The van der Waals surface area contributed by atoms with Crippen molar-refractivity contribution in [3.8, 4) is 0 Å². The minimum absolute atomic E-state index is 0.341. The number of alkyl halides is 2. The highest BCUT2D eigenvalue weighted by Crippen LogP contribution is 2.30. The van der Waals surface area contributed by atoms with Crippen LogP contribution in [0.3, 0.4) is 0 Å². The van der Waals surface area contributed by atoms with Crippen molar-refractivity contribution in [1.29, 1.82) is 0 Å². The molecule has 1 heterocycles. The van der Waals surface area contributed by atoms with E-state index in [1.165, 1.54) is 0 Å². The molecule has 0 saturated carbocycles. The minimum Gasteiger partial charge on any atom is -0.316 e. The molecule has 12 heavy (non-hydrogen) atoms. The van der Waals surface area contributed by atoms with Gasteiger partial charge in [0.25, 0.3) is 5.66 Å². The second-order valence-electron chi connectivity index (χ2n) is 3.20. The van der Waals surface area contributed by atoms with Crippen LogP contribution in [0.25, 0.3) is 0 Å². The zero-order valence-corrected chi connectivity index (χ0v) is 8.26. The Labute approximate surface area is 73.7 Å². The third-order valence-electron chi connectivity index (χ3n) is 2.29. The molecule has 0 radical (unpaired) electrons. The molecule has 5 heteroatoms. The Morgan fingerprint density at radius 2 is 2.17 bits per heavy atom. The number of likely N-dealkylation sites (N-methyl/N-ethyl adjacent to an activating group) is 1. The maximum Gasteiger partial charge on any atom is 0.273 e. The molecule has 72 valence electrons. The lowest BCUT2D eigenvalue weighted by molar-refractivity contribution is 0.0430. The van der Waals surface area contributed by atoms with Gasteiger partial charge in [-0.15, -0.1) is 0 Å². The summed E-state index contributed by atoms with van der Waals surface area (Å²) in [6, 6.07) is -0.333. The van der Waals surface area contributed by atoms with E-state index in [1.807, 2.05) is 7.05 Å². The molecule has 1 aliphatic rings. The largest absolute Gasteiger partial charge is 0.316 e. The summed E-state index contributed by atoms with van der Waals surface area (Å²) in [5, 5.41) is 5.89. The molecule has 1 unspecified atom stereocenters. The molecule has 1 fully saturated rings. The summed E-state index contributed by atoms with van der Waals surface area (Å²) in [5.41, 5.74) is -2.67. The molecule has 0 bridgehead atoms. The Morgan fingerprint density at radius 1 is 1.50 bits per heavy atom. The van der Waals surface area contributed by atoms with Crippen LogP contribution in [-0.4, -0.2) is 31.3 Å². The first-order valence-corrected chi connectivity index (χ1v) is 4.69. The zero-order chi connectivity index (χ0) is 9.19. The zero-order valence-electron chi connectivity index (χ0n) is 7.11. The quantitative estimate of drug-likeness (QED) is 0.638. The average Bonchev–Trinajstić information content (AvgIpc) is 2.03. The van der Waals surface area contributed by atoms with E-state index < -0.39 is 11.7 Å². The van der Waals surface area contributed by atoms with E-state index in [2.05, 4.69) is 10.6 Å². The SMILES string of the molecule is CN[C@H]1CC[C@H](C(F)(F)P)NC1. The Kier molecular flexibility index (Phi) is 3.38. The summed E-state index contributed by atoms with van der Waals surface area (Å²) in [6.07, 6.45) is 1.35. The van der Waals surface area contributed by atoms with E-state index in [1.54, 1.807) is 9.24 Å². The number of hydrogen-bond donors (Lipinski definition) is 2. The monoisotopic (exact) mass is 196 g/mol. The predicted octanol–water partition coefficient (Wildman–Crippen LogP) is 0.794. The van der Waals surface area contributed by atoms with Gasteiger partial charge in [-0.05, 0) is 19.9 Å². The van der Waals surface area contributed by atoms with Crippen LogP contribution < -0.4 is 10.6 Å². The van der Waals surface area contributed by atoms with Gasteiger partial charge < -0.3 is 10.6 Å². The van der Waals surface area contributed by atoms with Gasteiger partial charge in [0.2, 0.25) is 0 Å². The van der Waals surface area contributed by atoms with Crippen molar-refractivity contribution in [2.24, 2.45) is 0 Å². The summed E-state index contributed by atoms with van der Waals surface area (Å²) in [7, 11) is 3.45. The third kappa shape index (κ3) is 2.61. The molecule has 3 atom stereocenters. The third-order valence-corrected chi connectivity index (χ3v) is 2.69. The Balaban J connectivity index is 2.36. The van der Waals surface area contributed by atoms with Crippen molar-refractivity contribution in [1.82, 2.24) is 10.6 Å². The maximum atomic E-state index is 12.7. The van der Waals surface area contributed by atoms with Crippen molar-refractivity contribution in [2.75, 3.05) is 13.6 Å². The number of nitrogens with one attached hydrogen (secondary N) is 2. The van der Waals surface area contributed by atoms with E-state index in [-0.39, 0.29) is 0 Å². The molecule has 1 rings (SSSR count). The molecule has 0 spiro atoms. The topological polar surface area (TPSA) is 24.1 Å². The predicted molar refractivity (Wildman–Crippen MR) is 48.5 cm³/mol. The van der Waals surface area contributed by atoms with Crippen molar-refractivity contribution in [3.05, 3.63) is 0 Å². The van der Waals surface area contributed by atoms with Crippen LogP contribution in [0.15, 0.2) is 0 Å². The van der Waals surface area contributed by atoms with Crippen LogP contribution in [-0.2, 0) is 0 Å². The molecule has 0 aromatic heterocycles. The highest BCUT2D eigenvalue weighted by atomic mass is 31.0. The number of rotatable bonds is 2. The van der Waals surface area contributed by atoms with Gasteiger partial charge in [-0.2, -0.15) is 0 Å². The van der Waals surface area contributed by atoms with Crippen molar-refractivity contribution in [3.63, 3.8) is 0 Å².